The zero-order valence-electron chi connectivity index (χ0n) is 16.9. The molecule has 0 amide bonds. The van der Waals surface area contributed by atoms with Gasteiger partial charge in [-0.3, -0.25) is 9.69 Å². The highest BCUT2D eigenvalue weighted by Crippen LogP contribution is 2.74. The van der Waals surface area contributed by atoms with E-state index in [9.17, 15) is 9.90 Å². The number of phenolic OH excluding ortho intramolecular Hbond substituents is 1. The topological polar surface area (TPSA) is 71.5 Å². The first-order chi connectivity index (χ1) is 14.0. The molecule has 4 heterocycles. The van der Waals surface area contributed by atoms with Crippen molar-refractivity contribution in [3.8, 4) is 5.75 Å². The summed E-state index contributed by atoms with van der Waals surface area (Å²) in [7, 11) is 3.16. The van der Waals surface area contributed by atoms with Gasteiger partial charge in [0.25, 0.3) is 0 Å². The molecule has 3 saturated heterocycles. The van der Waals surface area contributed by atoms with Crippen molar-refractivity contribution in [2.75, 3.05) is 32.4 Å². The molecule has 4 unspecified atom stereocenters. The summed E-state index contributed by atoms with van der Waals surface area (Å²) in [6, 6.07) is 5.62. The van der Waals surface area contributed by atoms with Crippen LogP contribution >= 0.6 is 0 Å². The number of hydrogen-bond acceptors (Lipinski definition) is 7. The summed E-state index contributed by atoms with van der Waals surface area (Å²) in [5.41, 5.74) is 1.99. The summed E-state index contributed by atoms with van der Waals surface area (Å²) in [4.78, 5) is 18.0. The Bertz CT molecular complexity index is 947. The van der Waals surface area contributed by atoms with Crippen LogP contribution in [0.15, 0.2) is 29.8 Å². The average Bonchev–Trinajstić information content (AvgIpc) is 3.32. The van der Waals surface area contributed by atoms with Gasteiger partial charge in [-0.2, -0.15) is 0 Å². The minimum atomic E-state index is -0.682. The number of phenols is 1. The SMILES string of the molecule is CC=C1CN2C3C[C@@]45c6cc(O)ccc6N(COC)[C@]4(O3)C2CC1C5C(=O)OC. The number of nitrogens with zero attached hydrogens (tertiary/aromatic N) is 2. The van der Waals surface area contributed by atoms with E-state index in [2.05, 4.69) is 22.8 Å². The Morgan fingerprint density at radius 3 is 2.97 bits per heavy atom. The molecule has 1 spiro atoms. The summed E-state index contributed by atoms with van der Waals surface area (Å²) in [5, 5.41) is 10.4. The number of benzene rings is 1. The van der Waals surface area contributed by atoms with E-state index < -0.39 is 11.1 Å². The van der Waals surface area contributed by atoms with Crippen molar-refractivity contribution in [2.45, 2.75) is 43.2 Å². The van der Waals surface area contributed by atoms with Gasteiger partial charge in [-0.1, -0.05) is 11.6 Å². The van der Waals surface area contributed by atoms with Crippen LogP contribution < -0.4 is 4.90 Å². The number of hydrogen-bond donors (Lipinski definition) is 1. The number of piperidine rings is 2. The molecule has 4 bridgehead atoms. The maximum absolute atomic E-state index is 13.3. The Hall–Kier alpha value is -2.09. The summed E-state index contributed by atoms with van der Waals surface area (Å²) in [5.74, 6) is -0.227. The van der Waals surface area contributed by atoms with E-state index in [1.54, 1.807) is 13.2 Å². The third-order valence-corrected chi connectivity index (χ3v) is 8.16. The maximum atomic E-state index is 13.3. The van der Waals surface area contributed by atoms with Crippen LogP contribution in [-0.4, -0.2) is 61.5 Å². The lowest BCUT2D eigenvalue weighted by molar-refractivity contribution is -0.164. The summed E-state index contributed by atoms with van der Waals surface area (Å²) >= 11 is 0. The number of ether oxygens (including phenoxy) is 3. The Morgan fingerprint density at radius 2 is 2.24 bits per heavy atom. The van der Waals surface area contributed by atoms with Gasteiger partial charge < -0.3 is 24.2 Å². The molecule has 0 aromatic heterocycles. The van der Waals surface area contributed by atoms with Gasteiger partial charge in [0.15, 0.2) is 5.72 Å². The van der Waals surface area contributed by atoms with Crippen LogP contribution in [0, 0.1) is 11.8 Å². The van der Waals surface area contributed by atoms with Crippen molar-refractivity contribution >= 4 is 11.7 Å². The van der Waals surface area contributed by atoms with Gasteiger partial charge in [0.2, 0.25) is 0 Å². The zero-order chi connectivity index (χ0) is 20.1. The number of anilines is 1. The summed E-state index contributed by atoms with van der Waals surface area (Å²) < 4.78 is 17.8. The van der Waals surface area contributed by atoms with Crippen molar-refractivity contribution in [1.29, 1.82) is 0 Å². The van der Waals surface area contributed by atoms with E-state index in [4.69, 9.17) is 14.2 Å². The van der Waals surface area contributed by atoms with Crippen molar-refractivity contribution in [2.24, 2.45) is 11.8 Å². The van der Waals surface area contributed by atoms with Crippen molar-refractivity contribution in [3.63, 3.8) is 0 Å². The van der Waals surface area contributed by atoms with Crippen LogP contribution in [-0.2, 0) is 24.4 Å². The first kappa shape index (κ1) is 17.7. The molecular formula is C22H26N2O5. The standard InChI is InChI=1S/C22H26N2O5/c1-4-12-10-23-17-8-14(12)19(20(26)28-3)21-9-18(23)29-22(17,21)24(11-27-2)16-6-5-13(25)7-15(16)21/h4-7,14,17-19,25H,8-11H2,1-3H3/t14?,17?,18?,19?,21-,22-/m0/s1. The number of carbonyl (C=O) groups is 1. The Balaban J connectivity index is 1.68. The second-order valence-electron chi connectivity index (χ2n) is 8.89. The maximum Gasteiger partial charge on any atom is 0.310 e. The van der Waals surface area contributed by atoms with E-state index >= 15 is 0 Å². The number of methoxy groups -OCH3 is 2. The highest BCUT2D eigenvalue weighted by molar-refractivity contribution is 5.82. The van der Waals surface area contributed by atoms with E-state index in [0.717, 1.165) is 24.2 Å². The molecule has 29 heavy (non-hydrogen) atoms. The molecule has 1 aromatic carbocycles. The number of rotatable bonds is 3. The number of aromatic hydroxyl groups is 1. The smallest absolute Gasteiger partial charge is 0.310 e. The van der Waals surface area contributed by atoms with Crippen molar-refractivity contribution < 1.29 is 24.1 Å². The average molecular weight is 398 g/mol. The van der Waals surface area contributed by atoms with E-state index in [1.165, 1.54) is 12.7 Å². The fraction of sp³-hybridized carbons (Fsp3) is 0.591. The van der Waals surface area contributed by atoms with Crippen molar-refractivity contribution in [1.82, 2.24) is 4.90 Å². The molecule has 1 aromatic rings. The van der Waals surface area contributed by atoms with Crippen LogP contribution in [0.25, 0.3) is 0 Å². The molecule has 4 aliphatic heterocycles. The fourth-order valence-electron chi connectivity index (χ4n) is 7.38. The van der Waals surface area contributed by atoms with Crippen LogP contribution in [0.1, 0.15) is 25.3 Å². The Morgan fingerprint density at radius 1 is 1.41 bits per heavy atom. The van der Waals surface area contributed by atoms with E-state index in [0.29, 0.717) is 13.2 Å². The molecule has 7 nitrogen and oxygen atoms in total. The van der Waals surface area contributed by atoms with Gasteiger partial charge in [0.05, 0.1) is 24.5 Å². The Labute approximate surface area is 169 Å². The number of carbonyl (C=O) groups excluding carboxylic acids is 1. The molecule has 0 radical (unpaired) electrons. The molecule has 5 aliphatic rings. The lowest BCUT2D eigenvalue weighted by atomic mass is 9.49. The lowest BCUT2D eigenvalue weighted by Crippen LogP contribution is -2.75. The molecule has 1 N–H and O–H groups in total. The molecule has 1 saturated carbocycles. The largest absolute Gasteiger partial charge is 0.508 e. The fourth-order valence-corrected chi connectivity index (χ4v) is 7.38. The second-order valence-corrected chi connectivity index (χ2v) is 8.89. The normalized spacial score (nSPS) is 42.4. The second kappa shape index (κ2) is 5.53. The van der Waals surface area contributed by atoms with Crippen LogP contribution in [0.3, 0.4) is 0 Å². The first-order valence-electron chi connectivity index (χ1n) is 10.3. The predicted octanol–water partition coefficient (Wildman–Crippen LogP) is 1.95. The van der Waals surface area contributed by atoms with Gasteiger partial charge in [0, 0.05) is 25.8 Å². The van der Waals surface area contributed by atoms with E-state index in [-0.39, 0.29) is 35.8 Å². The number of fused-ring (bicyclic) bond motifs is 4. The Kier molecular flexibility index (Phi) is 3.38. The summed E-state index contributed by atoms with van der Waals surface area (Å²) in [6.45, 7) is 3.24. The van der Waals surface area contributed by atoms with Gasteiger partial charge in [-0.05, 0) is 43.0 Å². The highest BCUT2D eigenvalue weighted by atomic mass is 16.6. The lowest BCUT2D eigenvalue weighted by Gasteiger charge is -2.61. The monoisotopic (exact) mass is 398 g/mol. The molecule has 154 valence electrons. The van der Waals surface area contributed by atoms with Crippen LogP contribution in [0.5, 0.6) is 5.75 Å². The quantitative estimate of drug-likeness (QED) is 0.616. The molecule has 1 aliphatic carbocycles. The van der Waals surface area contributed by atoms with Gasteiger partial charge in [-0.15, -0.1) is 0 Å². The van der Waals surface area contributed by atoms with Crippen LogP contribution in [0.2, 0.25) is 0 Å². The van der Waals surface area contributed by atoms with Gasteiger partial charge in [0.1, 0.15) is 18.7 Å². The predicted molar refractivity (Wildman–Crippen MR) is 104 cm³/mol. The molecule has 7 heteroatoms. The van der Waals surface area contributed by atoms with E-state index in [1.807, 2.05) is 12.1 Å². The third-order valence-electron chi connectivity index (χ3n) is 8.16. The molecular weight excluding hydrogens is 372 g/mol. The first-order valence-corrected chi connectivity index (χ1v) is 10.3. The minimum Gasteiger partial charge on any atom is -0.508 e. The minimum absolute atomic E-state index is 0.0572. The summed E-state index contributed by atoms with van der Waals surface area (Å²) in [6.07, 6.45) is 3.67. The van der Waals surface area contributed by atoms with Gasteiger partial charge in [-0.25, -0.2) is 0 Å². The molecule has 6 rings (SSSR count). The highest BCUT2D eigenvalue weighted by Gasteiger charge is 2.84. The molecule has 6 atom stereocenters. The molecule has 4 fully saturated rings. The van der Waals surface area contributed by atoms with Crippen molar-refractivity contribution in [3.05, 3.63) is 35.4 Å². The third kappa shape index (κ3) is 1.72. The van der Waals surface area contributed by atoms with Crippen LogP contribution in [0.4, 0.5) is 5.69 Å². The zero-order valence-corrected chi connectivity index (χ0v) is 16.9. The number of esters is 1. The number of allylic oxidation sites excluding steroid dienone is 1. The van der Waals surface area contributed by atoms with Gasteiger partial charge >= 0.3 is 5.97 Å².